The van der Waals surface area contributed by atoms with Crippen molar-refractivity contribution in [2.45, 2.75) is 44.9 Å². The molecule has 0 unspecified atom stereocenters. The average Bonchev–Trinajstić information content (AvgIpc) is 3.49. The zero-order valence-electron chi connectivity index (χ0n) is 22.4. The number of anilines is 1. The molecule has 1 N–H and O–H groups in total. The van der Waals surface area contributed by atoms with Crippen molar-refractivity contribution in [1.82, 2.24) is 24.4 Å². The molecule has 0 spiro atoms. The number of hydrogen-bond acceptors (Lipinski definition) is 7. The Labute approximate surface area is 224 Å². The summed E-state index contributed by atoms with van der Waals surface area (Å²) in [6.07, 6.45) is 15.3. The van der Waals surface area contributed by atoms with Gasteiger partial charge >= 0.3 is 0 Å². The fourth-order valence-corrected chi connectivity index (χ4v) is 5.93. The van der Waals surface area contributed by atoms with Crippen LogP contribution in [0.5, 0.6) is 0 Å². The van der Waals surface area contributed by atoms with E-state index < -0.39 is 15.0 Å². The van der Waals surface area contributed by atoms with Gasteiger partial charge in [0.15, 0.2) is 0 Å². The lowest BCUT2D eigenvalue weighted by atomic mass is 10.0. The molecule has 1 fully saturated rings. The van der Waals surface area contributed by atoms with Crippen LogP contribution in [0.1, 0.15) is 32.3 Å². The Morgan fingerprint density at radius 1 is 1.11 bits per heavy atom. The molecule has 4 aromatic rings. The monoisotopic (exact) mass is 530 g/mol. The van der Waals surface area contributed by atoms with Gasteiger partial charge in [-0.1, -0.05) is 5.87 Å². The molecule has 9 nitrogen and oxygen atoms in total. The third kappa shape index (κ3) is 5.74. The Balaban J connectivity index is 1.45. The second-order valence-electron chi connectivity index (χ2n) is 11.1. The number of pyridine rings is 2. The molecule has 5 heterocycles. The van der Waals surface area contributed by atoms with Crippen molar-refractivity contribution in [3.05, 3.63) is 54.7 Å². The Kier molecular flexibility index (Phi) is 6.75. The number of rotatable bonds is 6. The highest BCUT2D eigenvalue weighted by molar-refractivity contribution is 8.01. The molecule has 4 aromatic heterocycles. The highest BCUT2D eigenvalue weighted by atomic mass is 32.2. The van der Waals surface area contributed by atoms with Gasteiger partial charge in [-0.3, -0.25) is 9.04 Å². The van der Waals surface area contributed by atoms with Gasteiger partial charge in [-0.15, -0.1) is 9.41 Å². The molecular formula is C28H34N8OS. The van der Waals surface area contributed by atoms with Crippen molar-refractivity contribution in [3.63, 3.8) is 0 Å². The van der Waals surface area contributed by atoms with Crippen molar-refractivity contribution in [2.75, 3.05) is 30.5 Å². The van der Waals surface area contributed by atoms with Gasteiger partial charge in [0.05, 0.1) is 41.7 Å². The van der Waals surface area contributed by atoms with E-state index in [0.29, 0.717) is 18.2 Å². The molecule has 0 amide bonds. The molecule has 0 saturated carbocycles. The topological polar surface area (TPSA) is 108 Å². The fourth-order valence-electron chi connectivity index (χ4n) is 4.91. The molecule has 10 heteroatoms. The minimum Gasteiger partial charge on any atom is -0.389 e. The summed E-state index contributed by atoms with van der Waals surface area (Å²) in [5.41, 5.74) is 3.98. The molecule has 38 heavy (non-hydrogen) atoms. The first kappa shape index (κ1) is 25.9. The van der Waals surface area contributed by atoms with Gasteiger partial charge in [0, 0.05) is 53.9 Å². The van der Waals surface area contributed by atoms with Crippen LogP contribution in [0, 0.1) is 11.3 Å². The summed E-state index contributed by atoms with van der Waals surface area (Å²) in [5.74, 6) is 5.15. The Bertz CT molecular complexity index is 1610. The maximum atomic E-state index is 10.2. The summed E-state index contributed by atoms with van der Waals surface area (Å²) in [5, 5.41) is 28.7. The largest absolute Gasteiger partial charge is 0.389 e. The van der Waals surface area contributed by atoms with Crippen LogP contribution in [0.25, 0.3) is 27.8 Å². The van der Waals surface area contributed by atoms with Gasteiger partial charge in [-0.05, 0) is 57.4 Å². The van der Waals surface area contributed by atoms with E-state index >= 15 is 0 Å². The van der Waals surface area contributed by atoms with Crippen LogP contribution in [0.4, 0.5) is 5.82 Å². The number of hydrogen-bond donors (Lipinski definition) is 1. The maximum Gasteiger partial charge on any atom is 0.128 e. The van der Waals surface area contributed by atoms with E-state index in [9.17, 15) is 10.4 Å². The normalized spacial score (nSPS) is 15.1. The van der Waals surface area contributed by atoms with Gasteiger partial charge in [-0.25, -0.2) is 9.50 Å². The zero-order valence-corrected chi connectivity index (χ0v) is 23.2. The molecule has 198 valence electrons. The van der Waals surface area contributed by atoms with E-state index in [1.54, 1.807) is 35.4 Å². The Morgan fingerprint density at radius 3 is 2.50 bits per heavy atom. The molecule has 0 aromatic carbocycles. The number of nitrogens with zero attached hydrogens (tertiary/aromatic N) is 8. The first-order valence-corrected chi connectivity index (χ1v) is 15.2. The number of aromatic nitrogens is 5. The first-order chi connectivity index (χ1) is 18.0. The van der Waals surface area contributed by atoms with Gasteiger partial charge in [0.1, 0.15) is 11.9 Å². The molecule has 5 rings (SSSR count). The van der Waals surface area contributed by atoms with Gasteiger partial charge in [0.2, 0.25) is 0 Å². The molecule has 1 saturated heterocycles. The molecule has 1 aliphatic heterocycles. The highest BCUT2D eigenvalue weighted by Gasteiger charge is 2.21. The average molecular weight is 531 g/mol. The minimum atomic E-state index is -1.10. The van der Waals surface area contributed by atoms with E-state index in [-0.39, 0.29) is 0 Å². The van der Waals surface area contributed by atoms with Crippen LogP contribution in [-0.2, 0) is 16.0 Å². The predicted molar refractivity (Wildman–Crippen MR) is 155 cm³/mol. The number of aliphatic hydroxyl groups is 1. The molecule has 1 aliphatic rings. The SMILES string of the molecule is C=S(C)(C)=NC1CCN(c2ccc(-c3cc(-c4cnn(CC(C)(C)O)c4)cn4ncc(C#N)c34)cn2)CC1. The van der Waals surface area contributed by atoms with Crippen LogP contribution in [0.2, 0.25) is 0 Å². The van der Waals surface area contributed by atoms with Crippen molar-refractivity contribution < 1.29 is 5.11 Å². The van der Waals surface area contributed by atoms with Gasteiger partial charge in [-0.2, -0.15) is 15.5 Å². The van der Waals surface area contributed by atoms with E-state index in [1.165, 1.54) is 0 Å². The van der Waals surface area contributed by atoms with Crippen molar-refractivity contribution in [2.24, 2.45) is 4.36 Å². The second-order valence-corrected chi connectivity index (χ2v) is 14.2. The summed E-state index contributed by atoms with van der Waals surface area (Å²) in [6, 6.07) is 8.81. The number of nitriles is 1. The Hall–Kier alpha value is -3.68. The first-order valence-electron chi connectivity index (χ1n) is 12.7. The molecule has 0 radical (unpaired) electrons. The fraction of sp³-hybridized carbons (Fsp3) is 0.393. The summed E-state index contributed by atoms with van der Waals surface area (Å²) >= 11 is 0. The molecular weight excluding hydrogens is 496 g/mol. The second kappa shape index (κ2) is 9.89. The van der Waals surface area contributed by atoms with Crippen LogP contribution in [-0.4, -0.2) is 72.6 Å². The standard InChI is InChI=1S/C28H34N8OS/c1-28(2,37)19-35-17-23(16-31-35)21-12-25(27-22(13-29)15-32-36(27)18-21)20-6-7-26(30-14-20)34-10-8-24(9-11-34)33-38(3,4)5/h6-7,12,14-18,24,37H,3,8-11,19H2,1-2,4-5H3. The lowest BCUT2D eigenvalue weighted by Crippen LogP contribution is -2.36. The number of fused-ring (bicyclic) bond motifs is 1. The van der Waals surface area contributed by atoms with Crippen LogP contribution in [0.15, 0.2) is 53.5 Å². The molecule has 0 atom stereocenters. The van der Waals surface area contributed by atoms with E-state index in [4.69, 9.17) is 9.35 Å². The van der Waals surface area contributed by atoms with Crippen molar-refractivity contribution >= 4 is 26.6 Å². The molecule has 0 aliphatic carbocycles. The van der Waals surface area contributed by atoms with Crippen molar-refractivity contribution in [3.8, 4) is 28.3 Å². The van der Waals surface area contributed by atoms with Crippen LogP contribution >= 0.6 is 0 Å². The predicted octanol–water partition coefficient (Wildman–Crippen LogP) is 3.90. The third-order valence-corrected chi connectivity index (χ3v) is 7.40. The Morgan fingerprint density at radius 2 is 1.87 bits per heavy atom. The van der Waals surface area contributed by atoms with E-state index in [2.05, 4.69) is 57.7 Å². The summed E-state index contributed by atoms with van der Waals surface area (Å²) in [6.45, 7) is 5.74. The minimum absolute atomic E-state index is 0.378. The van der Waals surface area contributed by atoms with E-state index in [0.717, 1.165) is 59.5 Å². The van der Waals surface area contributed by atoms with Gasteiger partial charge < -0.3 is 10.0 Å². The highest BCUT2D eigenvalue weighted by Crippen LogP contribution is 2.32. The summed E-state index contributed by atoms with van der Waals surface area (Å²) in [7, 11) is -1.10. The molecule has 0 bridgehead atoms. The summed E-state index contributed by atoms with van der Waals surface area (Å²) < 4.78 is 8.39. The quantitative estimate of drug-likeness (QED) is 0.379. The van der Waals surface area contributed by atoms with Crippen molar-refractivity contribution in [1.29, 1.82) is 5.26 Å². The smallest absolute Gasteiger partial charge is 0.128 e. The third-order valence-electron chi connectivity index (χ3n) is 6.53. The zero-order chi connectivity index (χ0) is 27.1. The lowest BCUT2D eigenvalue weighted by Gasteiger charge is -2.31. The summed E-state index contributed by atoms with van der Waals surface area (Å²) in [4.78, 5) is 7.11. The lowest BCUT2D eigenvalue weighted by molar-refractivity contribution is 0.0577. The van der Waals surface area contributed by atoms with E-state index in [1.807, 2.05) is 18.6 Å². The van der Waals surface area contributed by atoms with Crippen LogP contribution in [0.3, 0.4) is 0 Å². The number of piperidine rings is 1. The maximum absolute atomic E-state index is 10.2. The van der Waals surface area contributed by atoms with Gasteiger partial charge in [0.25, 0.3) is 0 Å². The van der Waals surface area contributed by atoms with Crippen LogP contribution < -0.4 is 4.90 Å².